The van der Waals surface area contributed by atoms with Gasteiger partial charge in [-0.1, -0.05) is 36.4 Å². The molecule has 0 saturated heterocycles. The van der Waals surface area contributed by atoms with Crippen molar-refractivity contribution in [2.24, 2.45) is 0 Å². The first kappa shape index (κ1) is 11.0. The third-order valence-electron chi connectivity index (χ3n) is 3.51. The SMILES string of the molecule is Cc1cccc(-c2cnc3ccccc3c2)c1C. The van der Waals surface area contributed by atoms with E-state index >= 15 is 0 Å². The molecule has 0 radical (unpaired) electrons. The van der Waals surface area contributed by atoms with E-state index < -0.39 is 0 Å². The molecule has 2 aromatic carbocycles. The first-order valence-corrected chi connectivity index (χ1v) is 6.17. The lowest BCUT2D eigenvalue weighted by Gasteiger charge is -2.09. The van der Waals surface area contributed by atoms with Crippen LogP contribution in [-0.4, -0.2) is 4.98 Å². The monoisotopic (exact) mass is 233 g/mol. The predicted molar refractivity (Wildman–Crippen MR) is 76.7 cm³/mol. The van der Waals surface area contributed by atoms with Gasteiger partial charge < -0.3 is 0 Å². The molecule has 0 N–H and O–H groups in total. The first-order valence-electron chi connectivity index (χ1n) is 6.17. The molecule has 0 unspecified atom stereocenters. The zero-order valence-corrected chi connectivity index (χ0v) is 10.6. The summed E-state index contributed by atoms with van der Waals surface area (Å²) in [6, 6.07) is 16.8. The van der Waals surface area contributed by atoms with Crippen molar-refractivity contribution in [2.45, 2.75) is 13.8 Å². The molecule has 88 valence electrons. The molecule has 0 fully saturated rings. The summed E-state index contributed by atoms with van der Waals surface area (Å²) >= 11 is 0. The Hall–Kier alpha value is -2.15. The van der Waals surface area contributed by atoms with Crippen LogP contribution in [0.3, 0.4) is 0 Å². The molecule has 0 aliphatic heterocycles. The third kappa shape index (κ3) is 1.78. The normalized spacial score (nSPS) is 10.8. The smallest absolute Gasteiger partial charge is 0.0702 e. The van der Waals surface area contributed by atoms with E-state index in [1.165, 1.54) is 27.6 Å². The highest BCUT2D eigenvalue weighted by molar-refractivity contribution is 5.84. The summed E-state index contributed by atoms with van der Waals surface area (Å²) in [5.41, 5.74) is 6.16. The Balaban J connectivity index is 2.22. The number of rotatable bonds is 1. The second kappa shape index (κ2) is 4.26. The van der Waals surface area contributed by atoms with Gasteiger partial charge in [-0.05, 0) is 42.7 Å². The van der Waals surface area contributed by atoms with Gasteiger partial charge in [-0.3, -0.25) is 4.98 Å². The average Bonchev–Trinajstić information content (AvgIpc) is 2.41. The molecule has 1 heteroatoms. The van der Waals surface area contributed by atoms with E-state index in [-0.39, 0.29) is 0 Å². The van der Waals surface area contributed by atoms with E-state index in [2.05, 4.69) is 55.2 Å². The molecule has 0 atom stereocenters. The van der Waals surface area contributed by atoms with Gasteiger partial charge in [0.05, 0.1) is 5.52 Å². The van der Waals surface area contributed by atoms with E-state index in [9.17, 15) is 0 Å². The van der Waals surface area contributed by atoms with E-state index in [0.29, 0.717) is 0 Å². The van der Waals surface area contributed by atoms with Gasteiger partial charge in [-0.2, -0.15) is 0 Å². The fourth-order valence-electron chi connectivity index (χ4n) is 2.28. The molecule has 0 bridgehead atoms. The lowest BCUT2D eigenvalue weighted by molar-refractivity contribution is 1.33. The fourth-order valence-corrected chi connectivity index (χ4v) is 2.28. The molecule has 0 saturated carbocycles. The summed E-state index contributed by atoms with van der Waals surface area (Å²) in [5.74, 6) is 0. The van der Waals surface area contributed by atoms with Crippen LogP contribution in [0.2, 0.25) is 0 Å². The van der Waals surface area contributed by atoms with Crippen molar-refractivity contribution in [3.8, 4) is 11.1 Å². The molecule has 1 nitrogen and oxygen atoms in total. The summed E-state index contributed by atoms with van der Waals surface area (Å²) in [6.07, 6.45) is 1.96. The van der Waals surface area contributed by atoms with E-state index in [0.717, 1.165) is 5.52 Å². The van der Waals surface area contributed by atoms with Crippen molar-refractivity contribution in [3.05, 3.63) is 65.9 Å². The number of benzene rings is 2. The van der Waals surface area contributed by atoms with Gasteiger partial charge in [0.15, 0.2) is 0 Å². The summed E-state index contributed by atoms with van der Waals surface area (Å²) in [6.45, 7) is 4.31. The summed E-state index contributed by atoms with van der Waals surface area (Å²) in [5, 5.41) is 1.19. The minimum atomic E-state index is 1.05. The maximum absolute atomic E-state index is 4.53. The number of fused-ring (bicyclic) bond motifs is 1. The standard InChI is InChI=1S/C17H15N/c1-12-6-5-8-16(13(12)2)15-10-14-7-3-4-9-17(14)18-11-15/h3-11H,1-2H3. The Morgan fingerprint density at radius 3 is 2.61 bits per heavy atom. The quantitative estimate of drug-likeness (QED) is 0.602. The van der Waals surface area contributed by atoms with E-state index in [1.54, 1.807) is 0 Å². The number of hydrogen-bond donors (Lipinski definition) is 0. The summed E-state index contributed by atoms with van der Waals surface area (Å²) in [7, 11) is 0. The third-order valence-corrected chi connectivity index (χ3v) is 3.51. The maximum atomic E-state index is 4.53. The van der Waals surface area contributed by atoms with Crippen LogP contribution in [-0.2, 0) is 0 Å². The van der Waals surface area contributed by atoms with E-state index in [4.69, 9.17) is 0 Å². The van der Waals surface area contributed by atoms with Gasteiger partial charge in [-0.25, -0.2) is 0 Å². The molecular weight excluding hydrogens is 218 g/mol. The average molecular weight is 233 g/mol. The molecule has 0 amide bonds. The number of aryl methyl sites for hydroxylation is 1. The lowest BCUT2D eigenvalue weighted by Crippen LogP contribution is -1.88. The summed E-state index contributed by atoms with van der Waals surface area (Å²) in [4.78, 5) is 4.53. The topological polar surface area (TPSA) is 12.9 Å². The van der Waals surface area contributed by atoms with Crippen molar-refractivity contribution >= 4 is 10.9 Å². The van der Waals surface area contributed by atoms with Crippen molar-refractivity contribution in [1.82, 2.24) is 4.98 Å². The Bertz CT molecular complexity index is 714. The molecule has 1 heterocycles. The molecular formula is C17H15N. The molecule has 3 rings (SSSR count). The highest BCUT2D eigenvalue weighted by Crippen LogP contribution is 2.27. The molecule has 18 heavy (non-hydrogen) atoms. The van der Waals surface area contributed by atoms with E-state index in [1.807, 2.05) is 18.3 Å². The van der Waals surface area contributed by atoms with Gasteiger partial charge in [0, 0.05) is 17.1 Å². The lowest BCUT2D eigenvalue weighted by atomic mass is 9.97. The number of hydrogen-bond acceptors (Lipinski definition) is 1. The molecule has 1 aromatic heterocycles. The zero-order chi connectivity index (χ0) is 12.5. The van der Waals surface area contributed by atoms with Crippen LogP contribution in [0.5, 0.6) is 0 Å². The number of para-hydroxylation sites is 1. The van der Waals surface area contributed by atoms with Crippen molar-refractivity contribution < 1.29 is 0 Å². The van der Waals surface area contributed by atoms with Crippen LogP contribution < -0.4 is 0 Å². The van der Waals surface area contributed by atoms with Crippen molar-refractivity contribution in [3.63, 3.8) is 0 Å². The largest absolute Gasteiger partial charge is 0.256 e. The summed E-state index contributed by atoms with van der Waals surface area (Å²) < 4.78 is 0. The fraction of sp³-hybridized carbons (Fsp3) is 0.118. The van der Waals surface area contributed by atoms with Gasteiger partial charge in [0.2, 0.25) is 0 Å². The van der Waals surface area contributed by atoms with Crippen molar-refractivity contribution in [2.75, 3.05) is 0 Å². The highest BCUT2D eigenvalue weighted by Gasteiger charge is 2.04. The van der Waals surface area contributed by atoms with Crippen LogP contribution in [0, 0.1) is 13.8 Å². The van der Waals surface area contributed by atoms with Gasteiger partial charge in [0.25, 0.3) is 0 Å². The number of pyridine rings is 1. The van der Waals surface area contributed by atoms with Gasteiger partial charge in [-0.15, -0.1) is 0 Å². The molecule has 0 aliphatic carbocycles. The van der Waals surface area contributed by atoms with Crippen LogP contribution in [0.4, 0.5) is 0 Å². The molecule has 3 aromatic rings. The molecule has 0 spiro atoms. The predicted octanol–water partition coefficient (Wildman–Crippen LogP) is 4.52. The Morgan fingerprint density at radius 2 is 1.72 bits per heavy atom. The van der Waals surface area contributed by atoms with Crippen LogP contribution in [0.25, 0.3) is 22.0 Å². The van der Waals surface area contributed by atoms with Crippen molar-refractivity contribution in [1.29, 1.82) is 0 Å². The Kier molecular flexibility index (Phi) is 2.60. The van der Waals surface area contributed by atoms with Crippen LogP contribution >= 0.6 is 0 Å². The van der Waals surface area contributed by atoms with Gasteiger partial charge in [0.1, 0.15) is 0 Å². The van der Waals surface area contributed by atoms with Crippen LogP contribution in [0.1, 0.15) is 11.1 Å². The van der Waals surface area contributed by atoms with Crippen LogP contribution in [0.15, 0.2) is 54.7 Å². The highest BCUT2D eigenvalue weighted by atomic mass is 14.6. The number of aromatic nitrogens is 1. The second-order valence-corrected chi connectivity index (χ2v) is 4.66. The minimum absolute atomic E-state index is 1.05. The Labute approximate surface area is 107 Å². The second-order valence-electron chi connectivity index (χ2n) is 4.66. The number of nitrogens with zero attached hydrogens (tertiary/aromatic N) is 1. The molecule has 0 aliphatic rings. The Morgan fingerprint density at radius 1 is 0.889 bits per heavy atom. The van der Waals surface area contributed by atoms with Gasteiger partial charge >= 0.3 is 0 Å². The first-order chi connectivity index (χ1) is 8.75. The zero-order valence-electron chi connectivity index (χ0n) is 10.6. The minimum Gasteiger partial charge on any atom is -0.256 e. The maximum Gasteiger partial charge on any atom is 0.0702 e.